The van der Waals surface area contributed by atoms with Crippen LogP contribution in [0.3, 0.4) is 0 Å². The third kappa shape index (κ3) is 3.81. The van der Waals surface area contributed by atoms with Crippen LogP contribution in [0.1, 0.15) is 37.7 Å². The number of aromatic nitrogens is 2. The summed E-state index contributed by atoms with van der Waals surface area (Å²) < 4.78 is 11.0. The summed E-state index contributed by atoms with van der Waals surface area (Å²) in [6, 6.07) is 6.55. The van der Waals surface area contributed by atoms with Gasteiger partial charge in [-0.05, 0) is 30.9 Å². The molecule has 0 saturated carbocycles. The predicted molar refractivity (Wildman–Crippen MR) is 114 cm³/mol. The van der Waals surface area contributed by atoms with Crippen LogP contribution in [0, 0.1) is 0 Å². The number of fused-ring (bicyclic) bond motifs is 2. The number of rotatable bonds is 5. The first-order chi connectivity index (χ1) is 14.9. The third-order valence-corrected chi connectivity index (χ3v) is 6.26. The number of nitrogens with zero attached hydrogens (tertiary/aromatic N) is 2. The summed E-state index contributed by atoms with van der Waals surface area (Å²) in [5, 5.41) is 7.69. The molecule has 1 aliphatic rings. The van der Waals surface area contributed by atoms with E-state index in [9.17, 15) is 19.2 Å². The second-order valence-corrected chi connectivity index (χ2v) is 8.11. The van der Waals surface area contributed by atoms with Gasteiger partial charge in [-0.15, -0.1) is 11.3 Å². The number of esters is 2. The minimum absolute atomic E-state index is 0.0594. The quantitative estimate of drug-likeness (QED) is 0.603. The fraction of sp³-hybridized carbons (Fsp3) is 0.286. The average Bonchev–Trinajstić information content (AvgIpc) is 3.35. The lowest BCUT2D eigenvalue weighted by Crippen LogP contribution is -2.26. The van der Waals surface area contributed by atoms with Crippen molar-refractivity contribution in [1.82, 2.24) is 9.78 Å². The first kappa shape index (κ1) is 20.7. The summed E-state index contributed by atoms with van der Waals surface area (Å²) in [5.74, 6) is -1.93. The lowest BCUT2D eigenvalue weighted by molar-refractivity contribution is -0.119. The molecule has 1 aromatic carbocycles. The Kier molecular flexibility index (Phi) is 5.55. The number of hydrogen-bond donors (Lipinski definition) is 1. The number of ether oxygens (including phenoxy) is 2. The molecule has 1 amide bonds. The molecule has 2 aromatic heterocycles. The lowest BCUT2D eigenvalue weighted by atomic mass is 10.1. The SMILES string of the molecule is COC(=O)c1c(NC(=O)COC(=O)c2nn(C)c(=O)c3ccccc23)sc2c1CCC2. The highest BCUT2D eigenvalue weighted by Gasteiger charge is 2.28. The van der Waals surface area contributed by atoms with Gasteiger partial charge in [0.25, 0.3) is 11.5 Å². The summed E-state index contributed by atoms with van der Waals surface area (Å²) in [5.41, 5.74) is 0.872. The fourth-order valence-corrected chi connectivity index (χ4v) is 4.92. The Morgan fingerprint density at radius 3 is 2.65 bits per heavy atom. The number of carbonyl (C=O) groups is 3. The zero-order valence-corrected chi connectivity index (χ0v) is 17.7. The van der Waals surface area contributed by atoms with Crippen LogP contribution < -0.4 is 10.9 Å². The van der Waals surface area contributed by atoms with Crippen molar-refractivity contribution in [2.75, 3.05) is 19.0 Å². The molecule has 10 heteroatoms. The molecule has 0 radical (unpaired) electrons. The van der Waals surface area contributed by atoms with Crippen LogP contribution >= 0.6 is 11.3 Å². The van der Waals surface area contributed by atoms with E-state index in [0.29, 0.717) is 21.3 Å². The van der Waals surface area contributed by atoms with E-state index in [1.807, 2.05) is 0 Å². The Balaban J connectivity index is 1.50. The molecule has 0 atom stereocenters. The van der Waals surface area contributed by atoms with E-state index >= 15 is 0 Å². The first-order valence-electron chi connectivity index (χ1n) is 9.56. The standard InChI is InChI=1S/C21H19N3O6S/c1-24-19(26)12-7-4-3-6-11(12)17(23-24)21(28)30-10-15(25)22-18-16(20(27)29-2)13-8-5-9-14(13)31-18/h3-4,6-7H,5,8-10H2,1-2H3,(H,22,25). The molecule has 0 unspecified atom stereocenters. The lowest BCUT2D eigenvalue weighted by Gasteiger charge is -2.09. The van der Waals surface area contributed by atoms with Crippen molar-refractivity contribution in [3.63, 3.8) is 0 Å². The van der Waals surface area contributed by atoms with Crippen molar-refractivity contribution < 1.29 is 23.9 Å². The maximum Gasteiger partial charge on any atom is 0.359 e. The molecule has 2 heterocycles. The molecule has 0 aliphatic heterocycles. The number of benzene rings is 1. The van der Waals surface area contributed by atoms with Crippen molar-refractivity contribution in [2.45, 2.75) is 19.3 Å². The zero-order valence-electron chi connectivity index (χ0n) is 16.9. The molecule has 0 spiro atoms. The van der Waals surface area contributed by atoms with Crippen molar-refractivity contribution in [1.29, 1.82) is 0 Å². The maximum absolute atomic E-state index is 12.6. The predicted octanol–water partition coefficient (Wildman–Crippen LogP) is 2.07. The normalized spacial score (nSPS) is 12.5. The number of anilines is 1. The Bertz CT molecular complexity index is 1280. The summed E-state index contributed by atoms with van der Waals surface area (Å²) >= 11 is 1.33. The Hall–Kier alpha value is -3.53. The Morgan fingerprint density at radius 2 is 1.90 bits per heavy atom. The molecule has 3 aromatic rings. The number of aryl methyl sites for hydroxylation is 2. The van der Waals surface area contributed by atoms with Gasteiger partial charge in [0.1, 0.15) is 5.00 Å². The smallest absolute Gasteiger partial charge is 0.359 e. The van der Waals surface area contributed by atoms with Gasteiger partial charge in [-0.1, -0.05) is 18.2 Å². The summed E-state index contributed by atoms with van der Waals surface area (Å²) in [4.78, 5) is 50.4. The topological polar surface area (TPSA) is 117 Å². The molecule has 31 heavy (non-hydrogen) atoms. The van der Waals surface area contributed by atoms with Gasteiger partial charge in [-0.25, -0.2) is 14.3 Å². The van der Waals surface area contributed by atoms with Gasteiger partial charge >= 0.3 is 11.9 Å². The van der Waals surface area contributed by atoms with E-state index in [-0.39, 0.29) is 11.3 Å². The number of carbonyl (C=O) groups excluding carboxylic acids is 3. The van der Waals surface area contributed by atoms with Crippen LogP contribution in [0.5, 0.6) is 0 Å². The van der Waals surface area contributed by atoms with Gasteiger partial charge in [0.2, 0.25) is 0 Å². The highest BCUT2D eigenvalue weighted by Crippen LogP contribution is 2.39. The van der Waals surface area contributed by atoms with Crippen LogP contribution in [0.25, 0.3) is 10.8 Å². The molecule has 4 rings (SSSR count). The first-order valence-corrected chi connectivity index (χ1v) is 10.4. The van der Waals surface area contributed by atoms with Gasteiger partial charge in [0, 0.05) is 17.3 Å². The monoisotopic (exact) mass is 441 g/mol. The average molecular weight is 441 g/mol. The summed E-state index contributed by atoms with van der Waals surface area (Å²) in [6.07, 6.45) is 2.56. The third-order valence-electron chi connectivity index (χ3n) is 5.05. The molecule has 0 saturated heterocycles. The summed E-state index contributed by atoms with van der Waals surface area (Å²) in [7, 11) is 2.72. The van der Waals surface area contributed by atoms with Crippen molar-refractivity contribution in [2.24, 2.45) is 7.05 Å². The van der Waals surface area contributed by atoms with Crippen LogP contribution in [0.4, 0.5) is 5.00 Å². The molecular formula is C21H19N3O6S. The van der Waals surface area contributed by atoms with E-state index in [1.54, 1.807) is 24.3 Å². The highest BCUT2D eigenvalue weighted by atomic mass is 32.1. The van der Waals surface area contributed by atoms with Crippen LogP contribution in [0.15, 0.2) is 29.1 Å². The van der Waals surface area contributed by atoms with Gasteiger partial charge < -0.3 is 14.8 Å². The zero-order chi connectivity index (χ0) is 22.1. The number of nitrogens with one attached hydrogen (secondary N) is 1. The van der Waals surface area contributed by atoms with Gasteiger partial charge in [0.15, 0.2) is 12.3 Å². The largest absolute Gasteiger partial charge is 0.465 e. The number of amides is 1. The Morgan fingerprint density at radius 1 is 1.16 bits per heavy atom. The highest BCUT2D eigenvalue weighted by molar-refractivity contribution is 7.17. The maximum atomic E-state index is 12.6. The fourth-order valence-electron chi connectivity index (χ4n) is 3.62. The molecular weight excluding hydrogens is 422 g/mol. The van der Waals surface area contributed by atoms with E-state index < -0.39 is 24.5 Å². The molecule has 1 N–H and O–H groups in total. The van der Waals surface area contributed by atoms with Crippen molar-refractivity contribution in [3.05, 3.63) is 56.3 Å². The second kappa shape index (κ2) is 8.31. The molecule has 1 aliphatic carbocycles. The van der Waals surface area contributed by atoms with Gasteiger partial charge in [-0.2, -0.15) is 5.10 Å². The van der Waals surface area contributed by atoms with Crippen molar-refractivity contribution >= 4 is 45.0 Å². The van der Waals surface area contributed by atoms with E-state index in [1.165, 1.54) is 25.5 Å². The number of hydrogen-bond acceptors (Lipinski definition) is 8. The van der Waals surface area contributed by atoms with E-state index in [0.717, 1.165) is 34.4 Å². The molecule has 0 bridgehead atoms. The number of methoxy groups -OCH3 is 1. The minimum Gasteiger partial charge on any atom is -0.465 e. The Labute approximate surface area is 180 Å². The summed E-state index contributed by atoms with van der Waals surface area (Å²) in [6.45, 7) is -0.569. The molecule has 0 fully saturated rings. The molecule has 160 valence electrons. The van der Waals surface area contributed by atoms with Gasteiger partial charge in [0.05, 0.1) is 18.1 Å². The van der Waals surface area contributed by atoms with Crippen LogP contribution in [-0.4, -0.2) is 41.3 Å². The number of thiophene rings is 1. The second-order valence-electron chi connectivity index (χ2n) is 7.00. The van der Waals surface area contributed by atoms with Crippen molar-refractivity contribution in [3.8, 4) is 0 Å². The van der Waals surface area contributed by atoms with E-state index in [2.05, 4.69) is 10.4 Å². The van der Waals surface area contributed by atoms with Crippen LogP contribution in [-0.2, 0) is 34.2 Å². The minimum atomic E-state index is -0.830. The van der Waals surface area contributed by atoms with E-state index in [4.69, 9.17) is 9.47 Å². The molecule has 9 nitrogen and oxygen atoms in total. The van der Waals surface area contributed by atoms with Crippen LogP contribution in [0.2, 0.25) is 0 Å². The van der Waals surface area contributed by atoms with Gasteiger partial charge in [-0.3, -0.25) is 9.59 Å².